The number of rotatable bonds is 9. The van der Waals surface area contributed by atoms with Crippen LogP contribution in [0.5, 0.6) is 11.5 Å². The normalized spacial score (nSPS) is 10.8. The second-order valence-corrected chi connectivity index (χ2v) is 6.29. The Morgan fingerprint density at radius 3 is 2.67 bits per heavy atom. The second-order valence-electron chi connectivity index (χ2n) is 6.29. The summed E-state index contributed by atoms with van der Waals surface area (Å²) in [6.07, 6.45) is 1.60. The highest BCUT2D eigenvalue weighted by atomic mass is 16.5. The van der Waals surface area contributed by atoms with Crippen molar-refractivity contribution in [3.05, 3.63) is 71.5 Å². The third-order valence-electron chi connectivity index (χ3n) is 4.30. The Hall–Kier alpha value is -3.74. The SMILES string of the molecule is CCOC(=O)c1cccc(-c2ccc(/C=N/NCc3ccc(OC)c(OC)c3)o2)c1. The Kier molecular flexibility index (Phi) is 7.10. The highest BCUT2D eigenvalue weighted by Gasteiger charge is 2.10. The van der Waals surface area contributed by atoms with Crippen molar-refractivity contribution in [3.63, 3.8) is 0 Å². The van der Waals surface area contributed by atoms with Crippen molar-refractivity contribution < 1.29 is 23.4 Å². The van der Waals surface area contributed by atoms with Gasteiger partial charge in [0.15, 0.2) is 11.5 Å². The average molecular weight is 408 g/mol. The molecule has 0 saturated carbocycles. The van der Waals surface area contributed by atoms with Crippen molar-refractivity contribution in [1.29, 1.82) is 0 Å². The fourth-order valence-corrected chi connectivity index (χ4v) is 2.83. The van der Waals surface area contributed by atoms with Gasteiger partial charge in [0, 0.05) is 5.56 Å². The van der Waals surface area contributed by atoms with Gasteiger partial charge >= 0.3 is 5.97 Å². The standard InChI is InChI=1S/C23H24N2O5/c1-4-29-23(26)18-7-5-6-17(13-18)20-11-9-19(30-20)15-25-24-14-16-8-10-21(27-2)22(12-16)28-3/h5-13,15,24H,4,14H2,1-3H3/b25-15+. The molecule has 3 aromatic rings. The van der Waals surface area contributed by atoms with Gasteiger partial charge in [-0.3, -0.25) is 0 Å². The minimum Gasteiger partial charge on any atom is -0.493 e. The Morgan fingerprint density at radius 1 is 1.07 bits per heavy atom. The molecule has 3 rings (SSSR count). The summed E-state index contributed by atoms with van der Waals surface area (Å²) in [6, 6.07) is 16.4. The van der Waals surface area contributed by atoms with E-state index in [4.69, 9.17) is 18.6 Å². The molecule has 1 heterocycles. The molecule has 0 aliphatic rings. The van der Waals surface area contributed by atoms with E-state index in [1.54, 1.807) is 45.6 Å². The summed E-state index contributed by atoms with van der Waals surface area (Å²) in [4.78, 5) is 11.9. The van der Waals surface area contributed by atoms with Crippen molar-refractivity contribution in [2.45, 2.75) is 13.5 Å². The number of carbonyl (C=O) groups is 1. The maximum Gasteiger partial charge on any atom is 0.338 e. The van der Waals surface area contributed by atoms with Crippen LogP contribution < -0.4 is 14.9 Å². The van der Waals surface area contributed by atoms with E-state index >= 15 is 0 Å². The van der Waals surface area contributed by atoms with Crippen LogP contribution in [0.25, 0.3) is 11.3 Å². The van der Waals surface area contributed by atoms with Gasteiger partial charge in [0.05, 0.1) is 39.1 Å². The number of nitrogens with zero attached hydrogens (tertiary/aromatic N) is 1. The maximum absolute atomic E-state index is 11.9. The third-order valence-corrected chi connectivity index (χ3v) is 4.30. The fourth-order valence-electron chi connectivity index (χ4n) is 2.83. The van der Waals surface area contributed by atoms with E-state index in [9.17, 15) is 4.79 Å². The fraction of sp³-hybridized carbons (Fsp3) is 0.217. The van der Waals surface area contributed by atoms with Gasteiger partial charge in [-0.15, -0.1) is 0 Å². The van der Waals surface area contributed by atoms with E-state index in [1.807, 2.05) is 36.4 Å². The molecule has 2 aromatic carbocycles. The summed E-state index contributed by atoms with van der Waals surface area (Å²) in [5.74, 6) is 2.22. The van der Waals surface area contributed by atoms with E-state index in [1.165, 1.54) is 0 Å². The van der Waals surface area contributed by atoms with Gasteiger partial charge in [-0.05, 0) is 48.9 Å². The summed E-state index contributed by atoms with van der Waals surface area (Å²) in [7, 11) is 3.20. The lowest BCUT2D eigenvalue weighted by atomic mass is 10.1. The molecule has 1 aromatic heterocycles. The number of hydrazone groups is 1. The molecule has 30 heavy (non-hydrogen) atoms. The van der Waals surface area contributed by atoms with Crippen LogP contribution in [0, 0.1) is 0 Å². The molecular formula is C23H24N2O5. The summed E-state index contributed by atoms with van der Waals surface area (Å²) < 4.78 is 21.4. The van der Waals surface area contributed by atoms with E-state index < -0.39 is 0 Å². The zero-order valence-corrected chi connectivity index (χ0v) is 17.2. The van der Waals surface area contributed by atoms with Crippen molar-refractivity contribution in [2.24, 2.45) is 5.10 Å². The first-order valence-electron chi connectivity index (χ1n) is 9.48. The zero-order valence-electron chi connectivity index (χ0n) is 17.2. The molecule has 0 aliphatic carbocycles. The van der Waals surface area contributed by atoms with Gasteiger partial charge in [-0.2, -0.15) is 5.10 Å². The van der Waals surface area contributed by atoms with Crippen LogP contribution in [0.15, 0.2) is 64.1 Å². The molecule has 0 amide bonds. The largest absolute Gasteiger partial charge is 0.493 e. The highest BCUT2D eigenvalue weighted by molar-refractivity contribution is 5.90. The number of benzene rings is 2. The summed E-state index contributed by atoms with van der Waals surface area (Å²) >= 11 is 0. The van der Waals surface area contributed by atoms with Crippen LogP contribution in [0.4, 0.5) is 0 Å². The molecule has 0 aliphatic heterocycles. The first-order valence-corrected chi connectivity index (χ1v) is 9.48. The first kappa shape index (κ1) is 21.0. The Balaban J connectivity index is 1.61. The minimum absolute atomic E-state index is 0.334. The van der Waals surface area contributed by atoms with Crippen LogP contribution in [0.1, 0.15) is 28.6 Å². The maximum atomic E-state index is 11.9. The van der Waals surface area contributed by atoms with Gasteiger partial charge in [0.1, 0.15) is 11.5 Å². The zero-order chi connectivity index (χ0) is 21.3. The molecular weight excluding hydrogens is 384 g/mol. The Labute approximate surface area is 175 Å². The molecule has 156 valence electrons. The van der Waals surface area contributed by atoms with E-state index in [-0.39, 0.29) is 5.97 Å². The lowest BCUT2D eigenvalue weighted by molar-refractivity contribution is 0.0526. The molecule has 7 heteroatoms. The van der Waals surface area contributed by atoms with Crippen LogP contribution in [0.2, 0.25) is 0 Å². The Bertz CT molecular complexity index is 1030. The molecule has 0 spiro atoms. The topological polar surface area (TPSA) is 82.3 Å². The van der Waals surface area contributed by atoms with Crippen molar-refractivity contribution in [2.75, 3.05) is 20.8 Å². The third kappa shape index (κ3) is 5.20. The molecule has 0 fully saturated rings. The second kappa shape index (κ2) is 10.2. The predicted octanol–water partition coefficient (Wildman–Crippen LogP) is 4.26. The van der Waals surface area contributed by atoms with Crippen LogP contribution in [-0.4, -0.2) is 33.0 Å². The monoisotopic (exact) mass is 408 g/mol. The number of hydrogen-bond donors (Lipinski definition) is 1. The van der Waals surface area contributed by atoms with Crippen LogP contribution in [0.3, 0.4) is 0 Å². The van der Waals surface area contributed by atoms with Crippen molar-refractivity contribution in [1.82, 2.24) is 5.43 Å². The molecule has 7 nitrogen and oxygen atoms in total. The minimum atomic E-state index is -0.355. The van der Waals surface area contributed by atoms with Gasteiger partial charge < -0.3 is 24.1 Å². The number of furan rings is 1. The lowest BCUT2D eigenvalue weighted by Gasteiger charge is -2.09. The average Bonchev–Trinajstić information content (AvgIpc) is 3.26. The smallest absolute Gasteiger partial charge is 0.338 e. The summed E-state index contributed by atoms with van der Waals surface area (Å²) in [5.41, 5.74) is 5.25. The Morgan fingerprint density at radius 2 is 1.90 bits per heavy atom. The van der Waals surface area contributed by atoms with Crippen molar-refractivity contribution in [3.8, 4) is 22.8 Å². The van der Waals surface area contributed by atoms with E-state index in [2.05, 4.69) is 10.5 Å². The van der Waals surface area contributed by atoms with Crippen LogP contribution >= 0.6 is 0 Å². The number of methoxy groups -OCH3 is 2. The van der Waals surface area contributed by atoms with Gasteiger partial charge in [-0.25, -0.2) is 4.79 Å². The predicted molar refractivity (Wildman–Crippen MR) is 114 cm³/mol. The molecule has 0 saturated heterocycles. The quantitative estimate of drug-likeness (QED) is 0.324. The van der Waals surface area contributed by atoms with Gasteiger partial charge in [0.2, 0.25) is 0 Å². The summed E-state index contributed by atoms with van der Waals surface area (Å²) in [6.45, 7) is 2.63. The van der Waals surface area contributed by atoms with Crippen molar-refractivity contribution >= 4 is 12.2 Å². The number of esters is 1. The highest BCUT2D eigenvalue weighted by Crippen LogP contribution is 2.27. The summed E-state index contributed by atoms with van der Waals surface area (Å²) in [5, 5.41) is 4.20. The molecule has 0 radical (unpaired) electrons. The van der Waals surface area contributed by atoms with Crippen LogP contribution in [-0.2, 0) is 11.3 Å². The van der Waals surface area contributed by atoms with Gasteiger partial charge in [0.25, 0.3) is 0 Å². The first-order chi connectivity index (χ1) is 14.6. The molecule has 0 unspecified atom stereocenters. The number of hydrogen-bond acceptors (Lipinski definition) is 7. The molecule has 0 atom stereocenters. The van der Waals surface area contributed by atoms with E-state index in [0.29, 0.717) is 41.7 Å². The number of ether oxygens (including phenoxy) is 3. The lowest BCUT2D eigenvalue weighted by Crippen LogP contribution is -2.05. The number of nitrogens with one attached hydrogen (secondary N) is 1. The van der Waals surface area contributed by atoms with Gasteiger partial charge in [-0.1, -0.05) is 18.2 Å². The number of carbonyl (C=O) groups excluding carboxylic acids is 1. The molecule has 1 N–H and O–H groups in total. The van der Waals surface area contributed by atoms with E-state index in [0.717, 1.165) is 11.1 Å². The molecule has 0 bridgehead atoms.